The molecule has 3 heterocycles. The minimum atomic E-state index is 0.0320. The van der Waals surface area contributed by atoms with E-state index in [0.29, 0.717) is 25.6 Å². The van der Waals surface area contributed by atoms with Gasteiger partial charge in [-0.05, 0) is 18.6 Å². The highest BCUT2D eigenvalue weighted by Gasteiger charge is 2.21. The molecule has 4 rings (SSSR count). The number of imidazole rings is 1. The number of aliphatic hydroxyl groups is 1. The van der Waals surface area contributed by atoms with E-state index in [9.17, 15) is 0 Å². The molecule has 1 saturated heterocycles. The smallest absolute Gasteiger partial charge is 0.224 e. The Kier molecular flexibility index (Phi) is 5.17. The Morgan fingerprint density at radius 1 is 1.30 bits per heavy atom. The lowest BCUT2D eigenvalue weighted by Crippen LogP contribution is -2.21. The molecular formula is C19H24N6O2. The summed E-state index contributed by atoms with van der Waals surface area (Å²) in [5.74, 6) is 2.50. The maximum Gasteiger partial charge on any atom is 0.224 e. The highest BCUT2D eigenvalue weighted by molar-refractivity contribution is 5.74. The number of anilines is 2. The van der Waals surface area contributed by atoms with Crippen molar-refractivity contribution in [2.45, 2.75) is 18.9 Å². The van der Waals surface area contributed by atoms with Crippen LogP contribution in [0.2, 0.25) is 0 Å². The molecule has 2 aromatic heterocycles. The molecule has 0 unspecified atom stereocenters. The molecule has 0 bridgehead atoms. The zero-order chi connectivity index (χ0) is 18.6. The Hall–Kier alpha value is -2.71. The summed E-state index contributed by atoms with van der Waals surface area (Å²) >= 11 is 0. The number of ether oxygens (including phenoxy) is 1. The second-order valence-corrected chi connectivity index (χ2v) is 6.74. The lowest BCUT2D eigenvalue weighted by atomic mass is 10.0. The summed E-state index contributed by atoms with van der Waals surface area (Å²) in [6.45, 7) is 2.49. The quantitative estimate of drug-likeness (QED) is 0.586. The largest absolute Gasteiger partial charge is 0.395 e. The lowest BCUT2D eigenvalue weighted by molar-refractivity contribution is 0.193. The third kappa shape index (κ3) is 4.01. The molecule has 1 fully saturated rings. The molecule has 1 aromatic carbocycles. The van der Waals surface area contributed by atoms with Crippen LogP contribution >= 0.6 is 0 Å². The molecule has 1 aliphatic rings. The van der Waals surface area contributed by atoms with Gasteiger partial charge in [-0.1, -0.05) is 12.1 Å². The molecule has 3 N–H and O–H groups in total. The van der Waals surface area contributed by atoms with E-state index in [2.05, 4.69) is 25.3 Å². The Bertz CT molecular complexity index is 873. The summed E-state index contributed by atoms with van der Waals surface area (Å²) in [5, 5.41) is 12.2. The van der Waals surface area contributed by atoms with Crippen LogP contribution in [-0.2, 0) is 11.3 Å². The number of rotatable bonds is 7. The van der Waals surface area contributed by atoms with Crippen molar-refractivity contribution >= 4 is 22.8 Å². The van der Waals surface area contributed by atoms with Crippen LogP contribution in [0.1, 0.15) is 23.9 Å². The summed E-state index contributed by atoms with van der Waals surface area (Å²) in [5.41, 5.74) is 2.95. The Labute approximate surface area is 157 Å². The Balaban J connectivity index is 1.58. The zero-order valence-corrected chi connectivity index (χ0v) is 15.4. The molecule has 1 aliphatic heterocycles. The van der Waals surface area contributed by atoms with Gasteiger partial charge in [0.05, 0.1) is 36.5 Å². The van der Waals surface area contributed by atoms with Gasteiger partial charge in [0.2, 0.25) is 5.95 Å². The number of nitrogens with one attached hydrogen (secondary N) is 2. The van der Waals surface area contributed by atoms with Crippen LogP contribution in [-0.4, -0.2) is 58.5 Å². The average Bonchev–Trinajstić information content (AvgIpc) is 3.35. The second-order valence-electron chi connectivity index (χ2n) is 6.74. The summed E-state index contributed by atoms with van der Waals surface area (Å²) < 4.78 is 5.51. The molecule has 1 atom stereocenters. The van der Waals surface area contributed by atoms with Gasteiger partial charge in [0.25, 0.3) is 0 Å². The molecule has 142 valence electrons. The number of nitrogens with zero attached hydrogens (tertiary/aromatic N) is 4. The summed E-state index contributed by atoms with van der Waals surface area (Å²) in [6.07, 6.45) is 0.961. The van der Waals surface area contributed by atoms with Gasteiger partial charge in [-0.15, -0.1) is 0 Å². The Morgan fingerprint density at radius 2 is 2.19 bits per heavy atom. The van der Waals surface area contributed by atoms with Crippen molar-refractivity contribution in [3.05, 3.63) is 41.9 Å². The van der Waals surface area contributed by atoms with Crippen molar-refractivity contribution in [3.8, 4) is 0 Å². The van der Waals surface area contributed by atoms with Crippen molar-refractivity contribution in [3.63, 3.8) is 0 Å². The van der Waals surface area contributed by atoms with E-state index in [1.807, 2.05) is 42.3 Å². The zero-order valence-electron chi connectivity index (χ0n) is 15.4. The van der Waals surface area contributed by atoms with Crippen molar-refractivity contribution in [1.82, 2.24) is 19.9 Å². The minimum absolute atomic E-state index is 0.0320. The molecule has 0 saturated carbocycles. The van der Waals surface area contributed by atoms with Crippen LogP contribution < -0.4 is 10.2 Å². The minimum Gasteiger partial charge on any atom is -0.395 e. The van der Waals surface area contributed by atoms with Crippen LogP contribution in [0.15, 0.2) is 30.3 Å². The summed E-state index contributed by atoms with van der Waals surface area (Å²) in [6, 6.07) is 10.0. The van der Waals surface area contributed by atoms with Gasteiger partial charge in [0.15, 0.2) is 0 Å². The van der Waals surface area contributed by atoms with Gasteiger partial charge >= 0.3 is 0 Å². The number of hydrogen-bond donors (Lipinski definition) is 3. The SMILES string of the molecule is CN(Cc1nc2ccccc2[nH]1)c1cc([C@@H]2CCOC2)nc(NCCO)n1. The third-order valence-corrected chi connectivity index (χ3v) is 4.69. The van der Waals surface area contributed by atoms with E-state index in [-0.39, 0.29) is 12.5 Å². The number of H-pyrrole nitrogens is 1. The van der Waals surface area contributed by atoms with Crippen molar-refractivity contribution in [2.75, 3.05) is 43.6 Å². The normalized spacial score (nSPS) is 16.7. The standard InChI is InChI=1S/C19H24N6O2/c1-25(11-17-21-14-4-2-3-5-15(14)22-17)18-10-16(13-6-9-27-12-13)23-19(24-18)20-7-8-26/h2-5,10,13,26H,6-9,11-12H2,1H3,(H,21,22)(H,20,23,24)/t13-/m1/s1. The van der Waals surface area contributed by atoms with E-state index in [1.165, 1.54) is 0 Å². The summed E-state index contributed by atoms with van der Waals surface area (Å²) in [4.78, 5) is 19.3. The molecule has 0 radical (unpaired) electrons. The molecule has 27 heavy (non-hydrogen) atoms. The number of para-hydroxylation sites is 2. The topological polar surface area (TPSA) is 99.2 Å². The first-order valence-electron chi connectivity index (χ1n) is 9.19. The monoisotopic (exact) mass is 368 g/mol. The highest BCUT2D eigenvalue weighted by atomic mass is 16.5. The Morgan fingerprint density at radius 3 is 2.96 bits per heavy atom. The predicted molar refractivity (Wildman–Crippen MR) is 104 cm³/mol. The maximum atomic E-state index is 9.09. The van der Waals surface area contributed by atoms with E-state index in [4.69, 9.17) is 9.84 Å². The van der Waals surface area contributed by atoms with Gasteiger partial charge in [0.1, 0.15) is 11.6 Å². The van der Waals surface area contributed by atoms with Gasteiger partial charge < -0.3 is 25.0 Å². The van der Waals surface area contributed by atoms with Crippen molar-refractivity contribution in [1.29, 1.82) is 0 Å². The van der Waals surface area contributed by atoms with E-state index >= 15 is 0 Å². The van der Waals surface area contributed by atoms with Gasteiger partial charge in [-0.2, -0.15) is 4.98 Å². The van der Waals surface area contributed by atoms with Crippen LogP contribution in [0.3, 0.4) is 0 Å². The number of benzene rings is 1. The third-order valence-electron chi connectivity index (χ3n) is 4.69. The molecule has 0 amide bonds. The number of fused-ring (bicyclic) bond motifs is 1. The molecule has 0 spiro atoms. The first kappa shape index (κ1) is 17.7. The molecule has 0 aliphatic carbocycles. The number of aromatic nitrogens is 4. The van der Waals surface area contributed by atoms with Crippen LogP contribution in [0.25, 0.3) is 11.0 Å². The first-order chi connectivity index (χ1) is 13.2. The first-order valence-corrected chi connectivity index (χ1v) is 9.19. The van der Waals surface area contributed by atoms with Crippen LogP contribution in [0, 0.1) is 0 Å². The second kappa shape index (κ2) is 7.89. The van der Waals surface area contributed by atoms with E-state index in [1.54, 1.807) is 0 Å². The predicted octanol–water partition coefficient (Wildman–Crippen LogP) is 1.90. The van der Waals surface area contributed by atoms with Crippen LogP contribution in [0.4, 0.5) is 11.8 Å². The molecule has 3 aromatic rings. The van der Waals surface area contributed by atoms with E-state index < -0.39 is 0 Å². The fraction of sp³-hybridized carbons (Fsp3) is 0.421. The molecule has 8 nitrogen and oxygen atoms in total. The van der Waals surface area contributed by atoms with E-state index in [0.717, 1.165) is 41.4 Å². The van der Waals surface area contributed by atoms with Gasteiger partial charge in [0, 0.05) is 32.2 Å². The fourth-order valence-corrected chi connectivity index (χ4v) is 3.26. The van der Waals surface area contributed by atoms with Crippen LogP contribution in [0.5, 0.6) is 0 Å². The number of aliphatic hydroxyl groups excluding tert-OH is 1. The lowest BCUT2D eigenvalue weighted by Gasteiger charge is -2.20. The van der Waals surface area contributed by atoms with Crippen molar-refractivity contribution < 1.29 is 9.84 Å². The highest BCUT2D eigenvalue weighted by Crippen LogP contribution is 2.27. The number of aromatic amines is 1. The number of hydrogen-bond acceptors (Lipinski definition) is 7. The van der Waals surface area contributed by atoms with Crippen molar-refractivity contribution in [2.24, 2.45) is 0 Å². The summed E-state index contributed by atoms with van der Waals surface area (Å²) in [7, 11) is 1.99. The average molecular weight is 368 g/mol. The van der Waals surface area contributed by atoms with Gasteiger partial charge in [-0.25, -0.2) is 9.97 Å². The fourth-order valence-electron chi connectivity index (χ4n) is 3.26. The maximum absolute atomic E-state index is 9.09. The molecule has 8 heteroatoms. The van der Waals surface area contributed by atoms with Gasteiger partial charge in [-0.3, -0.25) is 0 Å². The molecular weight excluding hydrogens is 344 g/mol.